The summed E-state index contributed by atoms with van der Waals surface area (Å²) in [6.45, 7) is 1.85. The van der Waals surface area contributed by atoms with Crippen LogP contribution in [-0.2, 0) is 9.59 Å². The topological polar surface area (TPSA) is 87.2 Å². The molecule has 2 fully saturated rings. The summed E-state index contributed by atoms with van der Waals surface area (Å²) in [4.78, 5) is 39.8. The van der Waals surface area contributed by atoms with Crippen molar-refractivity contribution in [2.24, 2.45) is 5.92 Å². The Labute approximate surface area is 174 Å². The molecule has 2 amide bonds. The number of hydrogen-bond acceptors (Lipinski definition) is 4. The first-order valence-electron chi connectivity index (χ1n) is 10.1. The Kier molecular flexibility index (Phi) is 5.70. The molecule has 2 aliphatic rings. The molecular weight excluding hydrogens is 384 g/mol. The van der Waals surface area contributed by atoms with Crippen molar-refractivity contribution in [3.63, 3.8) is 0 Å². The normalized spacial score (nSPS) is 20.5. The molecule has 1 N–H and O–H groups in total. The molecule has 2 aromatic rings. The van der Waals surface area contributed by atoms with E-state index in [1.807, 2.05) is 23.1 Å². The predicted molar refractivity (Wildman–Crippen MR) is 109 cm³/mol. The fraction of sp³-hybridized carbons (Fsp3) is 0.348. The monoisotopic (exact) mass is 408 g/mol. The van der Waals surface area contributed by atoms with Crippen LogP contribution < -0.4 is 4.74 Å². The van der Waals surface area contributed by atoms with Crippen molar-refractivity contribution >= 4 is 17.8 Å². The van der Waals surface area contributed by atoms with Crippen molar-refractivity contribution < 1.29 is 24.2 Å². The second-order valence-corrected chi connectivity index (χ2v) is 7.69. The summed E-state index contributed by atoms with van der Waals surface area (Å²) < 4.78 is 5.46. The van der Waals surface area contributed by atoms with E-state index in [0.717, 1.165) is 6.42 Å². The number of benzene rings is 2. The van der Waals surface area contributed by atoms with Crippen LogP contribution in [-0.4, -0.2) is 65.5 Å². The molecule has 30 heavy (non-hydrogen) atoms. The average molecular weight is 408 g/mol. The number of carbonyl (C=O) groups excluding carboxylic acids is 2. The van der Waals surface area contributed by atoms with E-state index in [1.165, 1.54) is 17.7 Å². The van der Waals surface area contributed by atoms with Gasteiger partial charge in [-0.05, 0) is 36.1 Å². The first kappa shape index (κ1) is 19.9. The number of piperazine rings is 1. The van der Waals surface area contributed by atoms with Crippen molar-refractivity contribution in [2.75, 3.05) is 32.8 Å². The van der Waals surface area contributed by atoms with Crippen LogP contribution in [0.25, 0.3) is 0 Å². The average Bonchev–Trinajstić information content (AvgIpc) is 3.59. The molecule has 0 aromatic heterocycles. The quantitative estimate of drug-likeness (QED) is 0.792. The van der Waals surface area contributed by atoms with Gasteiger partial charge in [-0.1, -0.05) is 36.4 Å². The maximum atomic E-state index is 12.8. The van der Waals surface area contributed by atoms with Gasteiger partial charge in [-0.2, -0.15) is 0 Å². The Morgan fingerprint density at radius 3 is 2.33 bits per heavy atom. The Morgan fingerprint density at radius 2 is 1.63 bits per heavy atom. The molecule has 7 nitrogen and oxygen atoms in total. The number of carbonyl (C=O) groups is 3. The van der Waals surface area contributed by atoms with Crippen LogP contribution in [0.2, 0.25) is 0 Å². The molecule has 1 saturated carbocycles. The van der Waals surface area contributed by atoms with Gasteiger partial charge in [-0.15, -0.1) is 0 Å². The smallest absolute Gasteiger partial charge is 0.335 e. The summed E-state index contributed by atoms with van der Waals surface area (Å²) >= 11 is 0. The summed E-state index contributed by atoms with van der Waals surface area (Å²) in [5.74, 6) is -0.322. The van der Waals surface area contributed by atoms with Gasteiger partial charge in [0, 0.05) is 32.1 Å². The van der Waals surface area contributed by atoms with E-state index in [4.69, 9.17) is 9.84 Å². The highest BCUT2D eigenvalue weighted by Gasteiger charge is 2.46. The first-order chi connectivity index (χ1) is 14.5. The number of ether oxygens (including phenoxy) is 1. The van der Waals surface area contributed by atoms with Crippen molar-refractivity contribution in [3.8, 4) is 5.75 Å². The number of aromatic carboxylic acids is 1. The second kappa shape index (κ2) is 8.57. The molecule has 4 rings (SSSR count). The van der Waals surface area contributed by atoms with Crippen LogP contribution in [0, 0.1) is 5.92 Å². The highest BCUT2D eigenvalue weighted by molar-refractivity contribution is 5.88. The molecule has 2 atom stereocenters. The van der Waals surface area contributed by atoms with Gasteiger partial charge in [0.15, 0.2) is 6.61 Å². The van der Waals surface area contributed by atoms with Gasteiger partial charge in [-0.25, -0.2) is 4.79 Å². The Bertz CT molecular complexity index is 938. The maximum absolute atomic E-state index is 12.8. The van der Waals surface area contributed by atoms with Gasteiger partial charge >= 0.3 is 5.97 Å². The van der Waals surface area contributed by atoms with Gasteiger partial charge < -0.3 is 19.6 Å². The highest BCUT2D eigenvalue weighted by Crippen LogP contribution is 2.48. The van der Waals surface area contributed by atoms with Crippen LogP contribution in [0.4, 0.5) is 0 Å². The number of carboxylic acids is 1. The molecule has 0 radical (unpaired) electrons. The lowest BCUT2D eigenvalue weighted by Gasteiger charge is -2.35. The van der Waals surface area contributed by atoms with Crippen molar-refractivity contribution in [2.45, 2.75) is 12.3 Å². The summed E-state index contributed by atoms with van der Waals surface area (Å²) in [6, 6.07) is 16.2. The van der Waals surface area contributed by atoms with Crippen molar-refractivity contribution in [1.82, 2.24) is 9.80 Å². The SMILES string of the molecule is O=C(O)c1cccc(OCC(=O)N2CCN(C(=O)[C@@H]3C[C@H]3c3ccccc3)CC2)c1. The zero-order chi connectivity index (χ0) is 21.1. The number of nitrogens with zero attached hydrogens (tertiary/aromatic N) is 2. The van der Waals surface area contributed by atoms with E-state index in [-0.39, 0.29) is 29.9 Å². The lowest BCUT2D eigenvalue weighted by atomic mass is 10.1. The summed E-state index contributed by atoms with van der Waals surface area (Å²) in [7, 11) is 0. The van der Waals surface area contributed by atoms with Crippen LogP contribution >= 0.6 is 0 Å². The number of hydrogen-bond donors (Lipinski definition) is 1. The number of rotatable bonds is 6. The van der Waals surface area contributed by atoms with Gasteiger partial charge in [0.05, 0.1) is 5.56 Å². The molecule has 7 heteroatoms. The van der Waals surface area contributed by atoms with Crippen molar-refractivity contribution in [1.29, 1.82) is 0 Å². The van der Waals surface area contributed by atoms with E-state index in [9.17, 15) is 14.4 Å². The fourth-order valence-electron chi connectivity index (χ4n) is 3.90. The Hall–Kier alpha value is -3.35. The molecule has 1 aliphatic carbocycles. The molecule has 0 bridgehead atoms. The van der Waals surface area contributed by atoms with Gasteiger partial charge in [0.2, 0.25) is 5.91 Å². The summed E-state index contributed by atoms with van der Waals surface area (Å²) in [6.07, 6.45) is 0.894. The fourth-order valence-corrected chi connectivity index (χ4v) is 3.90. The molecule has 156 valence electrons. The highest BCUT2D eigenvalue weighted by atomic mass is 16.5. The van der Waals surface area contributed by atoms with Gasteiger partial charge in [0.1, 0.15) is 5.75 Å². The minimum Gasteiger partial charge on any atom is -0.484 e. The van der Waals surface area contributed by atoms with E-state index in [1.54, 1.807) is 17.0 Å². The van der Waals surface area contributed by atoms with Crippen LogP contribution in [0.15, 0.2) is 54.6 Å². The molecular formula is C23H24N2O5. The molecule has 1 saturated heterocycles. The van der Waals surface area contributed by atoms with E-state index in [2.05, 4.69) is 12.1 Å². The summed E-state index contributed by atoms with van der Waals surface area (Å²) in [5, 5.41) is 9.02. The van der Waals surface area contributed by atoms with E-state index in [0.29, 0.717) is 37.8 Å². The third-order valence-corrected chi connectivity index (χ3v) is 5.72. The zero-order valence-electron chi connectivity index (χ0n) is 16.6. The van der Waals surface area contributed by atoms with Crippen LogP contribution in [0.3, 0.4) is 0 Å². The molecule has 0 unspecified atom stereocenters. The van der Waals surface area contributed by atoms with Crippen LogP contribution in [0.1, 0.15) is 28.3 Å². The third kappa shape index (κ3) is 4.45. The largest absolute Gasteiger partial charge is 0.484 e. The summed E-state index contributed by atoms with van der Waals surface area (Å²) in [5.41, 5.74) is 1.33. The second-order valence-electron chi connectivity index (χ2n) is 7.69. The maximum Gasteiger partial charge on any atom is 0.335 e. The molecule has 1 aliphatic heterocycles. The Morgan fingerprint density at radius 1 is 0.933 bits per heavy atom. The minimum atomic E-state index is -1.04. The minimum absolute atomic E-state index is 0.0551. The standard InChI is InChI=1S/C23H24N2O5/c26-21(15-30-18-8-4-7-17(13-18)23(28)29)24-9-11-25(12-10-24)22(27)20-14-19(20)16-5-2-1-3-6-16/h1-8,13,19-20H,9-12,14-15H2,(H,28,29)/t19-,20+/m0/s1. The Balaban J connectivity index is 1.23. The van der Waals surface area contributed by atoms with Gasteiger partial charge in [-0.3, -0.25) is 9.59 Å². The lowest BCUT2D eigenvalue weighted by molar-refractivity contribution is -0.141. The van der Waals surface area contributed by atoms with E-state index >= 15 is 0 Å². The lowest BCUT2D eigenvalue weighted by Crippen LogP contribution is -2.52. The van der Waals surface area contributed by atoms with Crippen LogP contribution in [0.5, 0.6) is 5.75 Å². The molecule has 1 heterocycles. The molecule has 0 spiro atoms. The predicted octanol–water partition coefficient (Wildman–Crippen LogP) is 2.24. The van der Waals surface area contributed by atoms with Crippen molar-refractivity contribution in [3.05, 3.63) is 65.7 Å². The van der Waals surface area contributed by atoms with Gasteiger partial charge in [0.25, 0.3) is 5.91 Å². The third-order valence-electron chi connectivity index (χ3n) is 5.72. The zero-order valence-corrected chi connectivity index (χ0v) is 16.6. The number of amides is 2. The van der Waals surface area contributed by atoms with E-state index < -0.39 is 5.97 Å². The molecule has 2 aromatic carbocycles. The first-order valence-corrected chi connectivity index (χ1v) is 10.1. The number of carboxylic acid groups (broad SMARTS) is 1.